The molecule has 0 unspecified atom stereocenters. The molecular weight excluding hydrogens is 188 g/mol. The summed E-state index contributed by atoms with van der Waals surface area (Å²) in [7, 11) is 1.92. The first kappa shape index (κ1) is 9.71. The highest BCUT2D eigenvalue weighted by atomic mass is 15.2. The molecule has 0 aromatic carbocycles. The van der Waals surface area contributed by atoms with Crippen LogP contribution in [0.3, 0.4) is 0 Å². The zero-order valence-corrected chi connectivity index (χ0v) is 8.72. The summed E-state index contributed by atoms with van der Waals surface area (Å²) in [5.41, 5.74) is 8.06. The van der Waals surface area contributed by atoms with Crippen LogP contribution in [0.1, 0.15) is 11.1 Å². The van der Waals surface area contributed by atoms with E-state index < -0.39 is 0 Å². The zero-order valence-electron chi connectivity index (χ0n) is 8.72. The number of pyridine rings is 1. The highest BCUT2D eigenvalue weighted by Crippen LogP contribution is 2.07. The Morgan fingerprint density at radius 3 is 2.80 bits per heavy atom. The summed E-state index contributed by atoms with van der Waals surface area (Å²) in [5.74, 6) is 0.582. The van der Waals surface area contributed by atoms with Crippen molar-refractivity contribution in [1.29, 1.82) is 0 Å². The van der Waals surface area contributed by atoms with E-state index in [0.29, 0.717) is 5.82 Å². The van der Waals surface area contributed by atoms with Gasteiger partial charge in [-0.2, -0.15) is 5.10 Å². The standard InChI is InChI=1S/C11H14N4/c1-15-8-10(7-14-15)3-2-9-4-5-13-11(12)6-9/h4-8H,2-3H2,1H3,(H2,12,13). The van der Waals surface area contributed by atoms with Gasteiger partial charge in [0, 0.05) is 19.4 Å². The minimum absolute atomic E-state index is 0.582. The molecule has 0 aliphatic carbocycles. The number of hydrogen-bond donors (Lipinski definition) is 1. The Balaban J connectivity index is 1.99. The molecule has 0 fully saturated rings. The van der Waals surface area contributed by atoms with Crippen molar-refractivity contribution in [3.05, 3.63) is 41.9 Å². The predicted molar refractivity (Wildman–Crippen MR) is 59.3 cm³/mol. The van der Waals surface area contributed by atoms with Crippen LogP contribution in [-0.4, -0.2) is 14.8 Å². The van der Waals surface area contributed by atoms with Crippen LogP contribution >= 0.6 is 0 Å². The Hall–Kier alpha value is -1.84. The fraction of sp³-hybridized carbons (Fsp3) is 0.273. The largest absolute Gasteiger partial charge is 0.384 e. The Morgan fingerprint density at radius 1 is 1.33 bits per heavy atom. The molecule has 15 heavy (non-hydrogen) atoms. The van der Waals surface area contributed by atoms with Crippen molar-refractivity contribution < 1.29 is 0 Å². The van der Waals surface area contributed by atoms with E-state index in [1.54, 1.807) is 6.20 Å². The minimum atomic E-state index is 0.582. The number of anilines is 1. The van der Waals surface area contributed by atoms with Gasteiger partial charge in [0.25, 0.3) is 0 Å². The topological polar surface area (TPSA) is 56.7 Å². The molecule has 2 N–H and O–H groups in total. The second-order valence-electron chi connectivity index (χ2n) is 3.61. The molecule has 0 radical (unpaired) electrons. The first-order valence-electron chi connectivity index (χ1n) is 4.92. The number of nitrogens with two attached hydrogens (primary N) is 1. The number of aryl methyl sites for hydroxylation is 3. The molecule has 4 nitrogen and oxygen atoms in total. The Kier molecular flexibility index (Phi) is 2.67. The maximum atomic E-state index is 5.60. The van der Waals surface area contributed by atoms with Crippen molar-refractivity contribution in [2.24, 2.45) is 7.05 Å². The van der Waals surface area contributed by atoms with Crippen LogP contribution in [0.5, 0.6) is 0 Å². The van der Waals surface area contributed by atoms with Crippen LogP contribution in [0.15, 0.2) is 30.7 Å². The summed E-state index contributed by atoms with van der Waals surface area (Å²) in [6.07, 6.45) is 7.62. The molecule has 2 aromatic rings. The Bertz CT molecular complexity index is 447. The molecule has 2 aromatic heterocycles. The lowest BCUT2D eigenvalue weighted by Gasteiger charge is -2.00. The summed E-state index contributed by atoms with van der Waals surface area (Å²) in [5, 5.41) is 4.13. The highest BCUT2D eigenvalue weighted by Gasteiger charge is 1.98. The predicted octanol–water partition coefficient (Wildman–Crippen LogP) is 1.18. The van der Waals surface area contributed by atoms with Gasteiger partial charge < -0.3 is 5.73 Å². The van der Waals surface area contributed by atoms with E-state index >= 15 is 0 Å². The van der Waals surface area contributed by atoms with Gasteiger partial charge in [-0.05, 0) is 36.1 Å². The number of hydrogen-bond acceptors (Lipinski definition) is 3. The highest BCUT2D eigenvalue weighted by molar-refractivity contribution is 5.32. The van der Waals surface area contributed by atoms with E-state index in [0.717, 1.165) is 12.8 Å². The number of aromatic nitrogens is 3. The average molecular weight is 202 g/mol. The summed E-state index contributed by atoms with van der Waals surface area (Å²) in [6.45, 7) is 0. The number of nitrogens with zero attached hydrogens (tertiary/aromatic N) is 3. The van der Waals surface area contributed by atoms with E-state index in [4.69, 9.17) is 5.73 Å². The summed E-state index contributed by atoms with van der Waals surface area (Å²) in [4.78, 5) is 3.96. The number of rotatable bonds is 3. The van der Waals surface area contributed by atoms with E-state index in [1.165, 1.54) is 11.1 Å². The van der Waals surface area contributed by atoms with Gasteiger partial charge in [0.1, 0.15) is 5.82 Å². The zero-order chi connectivity index (χ0) is 10.7. The van der Waals surface area contributed by atoms with Crippen LogP contribution in [0.4, 0.5) is 5.82 Å². The molecule has 0 saturated heterocycles. The van der Waals surface area contributed by atoms with Crippen LogP contribution in [-0.2, 0) is 19.9 Å². The molecule has 78 valence electrons. The lowest BCUT2D eigenvalue weighted by Crippen LogP contribution is -1.94. The average Bonchev–Trinajstić information content (AvgIpc) is 2.62. The first-order valence-corrected chi connectivity index (χ1v) is 4.92. The Morgan fingerprint density at radius 2 is 2.13 bits per heavy atom. The normalized spacial score (nSPS) is 10.5. The Labute approximate surface area is 88.8 Å². The van der Waals surface area contributed by atoms with Crippen molar-refractivity contribution in [3.63, 3.8) is 0 Å². The molecule has 0 atom stereocenters. The van der Waals surface area contributed by atoms with Crippen molar-refractivity contribution in [3.8, 4) is 0 Å². The minimum Gasteiger partial charge on any atom is -0.384 e. The second kappa shape index (κ2) is 4.13. The van der Waals surface area contributed by atoms with Crippen molar-refractivity contribution in [2.75, 3.05) is 5.73 Å². The quantitative estimate of drug-likeness (QED) is 0.813. The maximum absolute atomic E-state index is 5.60. The molecule has 0 spiro atoms. The van der Waals surface area contributed by atoms with E-state index in [1.807, 2.05) is 36.3 Å². The van der Waals surface area contributed by atoms with Gasteiger partial charge >= 0.3 is 0 Å². The molecule has 0 aliphatic heterocycles. The van der Waals surface area contributed by atoms with Gasteiger partial charge in [0.05, 0.1) is 6.20 Å². The first-order chi connectivity index (χ1) is 7.24. The van der Waals surface area contributed by atoms with E-state index in [-0.39, 0.29) is 0 Å². The van der Waals surface area contributed by atoms with Gasteiger partial charge in [0.2, 0.25) is 0 Å². The summed E-state index contributed by atoms with van der Waals surface area (Å²) < 4.78 is 1.82. The van der Waals surface area contributed by atoms with Crippen LogP contribution in [0.25, 0.3) is 0 Å². The van der Waals surface area contributed by atoms with Gasteiger partial charge in [-0.15, -0.1) is 0 Å². The summed E-state index contributed by atoms with van der Waals surface area (Å²) in [6, 6.07) is 3.91. The monoisotopic (exact) mass is 202 g/mol. The molecule has 2 heterocycles. The third-order valence-electron chi connectivity index (χ3n) is 2.31. The molecule has 0 saturated carbocycles. The lowest BCUT2D eigenvalue weighted by atomic mass is 10.1. The smallest absolute Gasteiger partial charge is 0.123 e. The van der Waals surface area contributed by atoms with Crippen LogP contribution < -0.4 is 5.73 Å². The molecule has 0 amide bonds. The van der Waals surface area contributed by atoms with Crippen molar-refractivity contribution >= 4 is 5.82 Å². The molecular formula is C11H14N4. The maximum Gasteiger partial charge on any atom is 0.123 e. The van der Waals surface area contributed by atoms with E-state index in [9.17, 15) is 0 Å². The van der Waals surface area contributed by atoms with E-state index in [2.05, 4.69) is 10.1 Å². The van der Waals surface area contributed by atoms with Crippen LogP contribution in [0.2, 0.25) is 0 Å². The van der Waals surface area contributed by atoms with Gasteiger partial charge in [0.15, 0.2) is 0 Å². The van der Waals surface area contributed by atoms with Gasteiger partial charge in [-0.1, -0.05) is 0 Å². The van der Waals surface area contributed by atoms with Gasteiger partial charge in [-0.25, -0.2) is 4.98 Å². The fourth-order valence-electron chi connectivity index (χ4n) is 1.54. The van der Waals surface area contributed by atoms with Crippen molar-refractivity contribution in [1.82, 2.24) is 14.8 Å². The third kappa shape index (κ3) is 2.56. The fourth-order valence-corrected chi connectivity index (χ4v) is 1.54. The SMILES string of the molecule is Cn1cc(CCc2ccnc(N)c2)cn1. The van der Waals surface area contributed by atoms with Crippen molar-refractivity contribution in [2.45, 2.75) is 12.8 Å². The molecule has 2 rings (SSSR count). The van der Waals surface area contributed by atoms with Gasteiger partial charge in [-0.3, -0.25) is 4.68 Å². The molecule has 0 bridgehead atoms. The third-order valence-corrected chi connectivity index (χ3v) is 2.31. The number of nitrogen functional groups attached to an aromatic ring is 1. The molecule has 0 aliphatic rings. The summed E-state index contributed by atoms with van der Waals surface area (Å²) >= 11 is 0. The molecule has 4 heteroatoms. The second-order valence-corrected chi connectivity index (χ2v) is 3.61. The van der Waals surface area contributed by atoms with Crippen LogP contribution in [0, 0.1) is 0 Å². The lowest BCUT2D eigenvalue weighted by molar-refractivity contribution is 0.766.